The molecule has 5 nitrogen and oxygen atoms in total. The van der Waals surface area contributed by atoms with Crippen LogP contribution in [0.5, 0.6) is 0 Å². The van der Waals surface area contributed by atoms with E-state index in [0.29, 0.717) is 5.69 Å². The van der Waals surface area contributed by atoms with Crippen LogP contribution in [0.4, 0.5) is 0 Å². The van der Waals surface area contributed by atoms with Gasteiger partial charge in [0, 0.05) is 0 Å². The monoisotopic (exact) mass is 245 g/mol. The first-order valence-corrected chi connectivity index (χ1v) is 5.84. The summed E-state index contributed by atoms with van der Waals surface area (Å²) in [5, 5.41) is 16.7. The van der Waals surface area contributed by atoms with Crippen LogP contribution in [0.3, 0.4) is 0 Å². The highest BCUT2D eigenvalue weighted by molar-refractivity contribution is 5.69. The molecule has 1 aromatic carbocycles. The maximum absolute atomic E-state index is 10.7. The second-order valence-electron chi connectivity index (χ2n) is 4.13. The molecular formula is C13H15N3O2. The van der Waals surface area contributed by atoms with Crippen LogP contribution < -0.4 is 0 Å². The maximum atomic E-state index is 10.7. The van der Waals surface area contributed by atoms with Gasteiger partial charge in [-0.2, -0.15) is 0 Å². The summed E-state index contributed by atoms with van der Waals surface area (Å²) in [7, 11) is 0. The zero-order valence-corrected chi connectivity index (χ0v) is 10.4. The minimum absolute atomic E-state index is 0.0979. The molecule has 94 valence electrons. The van der Waals surface area contributed by atoms with Gasteiger partial charge in [-0.15, -0.1) is 5.10 Å². The number of aromatic nitrogens is 3. The number of carboxylic acids is 1. The fourth-order valence-corrected chi connectivity index (χ4v) is 1.82. The highest BCUT2D eigenvalue weighted by atomic mass is 16.4. The van der Waals surface area contributed by atoms with Gasteiger partial charge in [-0.1, -0.05) is 24.3 Å². The molecule has 2 rings (SSSR count). The number of carboxylic acid groups (broad SMARTS) is 1. The largest absolute Gasteiger partial charge is 0.481 e. The van der Waals surface area contributed by atoms with Crippen molar-refractivity contribution in [1.82, 2.24) is 15.0 Å². The summed E-state index contributed by atoms with van der Waals surface area (Å²) in [5.41, 5.74) is 3.40. The van der Waals surface area contributed by atoms with E-state index in [-0.39, 0.29) is 6.42 Å². The van der Waals surface area contributed by atoms with Crippen molar-refractivity contribution < 1.29 is 9.90 Å². The van der Waals surface area contributed by atoms with E-state index < -0.39 is 5.97 Å². The van der Waals surface area contributed by atoms with E-state index in [2.05, 4.69) is 17.2 Å². The third kappa shape index (κ3) is 2.40. The fourth-order valence-electron chi connectivity index (χ4n) is 1.82. The van der Waals surface area contributed by atoms with E-state index in [4.69, 9.17) is 5.11 Å². The van der Waals surface area contributed by atoms with Crippen molar-refractivity contribution in [2.24, 2.45) is 0 Å². The lowest BCUT2D eigenvalue weighted by atomic mass is 10.1. The van der Waals surface area contributed by atoms with Crippen molar-refractivity contribution in [3.05, 3.63) is 41.2 Å². The van der Waals surface area contributed by atoms with E-state index in [1.165, 1.54) is 5.56 Å². The fraction of sp³-hybridized carbons (Fsp3) is 0.308. The van der Waals surface area contributed by atoms with E-state index >= 15 is 0 Å². The second-order valence-corrected chi connectivity index (χ2v) is 4.13. The zero-order chi connectivity index (χ0) is 13.1. The van der Waals surface area contributed by atoms with E-state index in [0.717, 1.165) is 17.8 Å². The number of rotatable bonds is 4. The Hall–Kier alpha value is -2.17. The standard InChI is InChI=1S/C13H15N3O2/c1-3-10-5-4-6-11(7-10)16-9(2)12(14-15-16)8-13(17)18/h4-7H,3,8H2,1-2H3,(H,17,18). The first-order chi connectivity index (χ1) is 8.61. The summed E-state index contributed by atoms with van der Waals surface area (Å²) in [6, 6.07) is 7.98. The predicted octanol–water partition coefficient (Wildman–Crippen LogP) is 1.77. The SMILES string of the molecule is CCc1cccc(-n2nnc(CC(=O)O)c2C)c1. The third-order valence-electron chi connectivity index (χ3n) is 2.87. The molecule has 0 spiro atoms. The van der Waals surface area contributed by atoms with Crippen LogP contribution in [0.15, 0.2) is 24.3 Å². The first-order valence-electron chi connectivity index (χ1n) is 5.84. The molecule has 0 radical (unpaired) electrons. The number of hydrogen-bond donors (Lipinski definition) is 1. The Morgan fingerprint density at radius 2 is 2.22 bits per heavy atom. The average Bonchev–Trinajstić information content (AvgIpc) is 2.70. The molecule has 0 amide bonds. The van der Waals surface area contributed by atoms with Gasteiger partial charge >= 0.3 is 5.97 Å². The molecule has 0 aliphatic heterocycles. The summed E-state index contributed by atoms with van der Waals surface area (Å²) in [5.74, 6) is -0.896. The number of aryl methyl sites for hydroxylation is 1. The van der Waals surface area contributed by atoms with Gasteiger partial charge in [-0.3, -0.25) is 4.79 Å². The van der Waals surface area contributed by atoms with Crippen LogP contribution in [-0.2, 0) is 17.6 Å². The Balaban J connectivity index is 2.38. The predicted molar refractivity (Wildman–Crippen MR) is 66.8 cm³/mol. The summed E-state index contributed by atoms with van der Waals surface area (Å²) in [6.07, 6.45) is 0.850. The molecule has 0 unspecified atom stereocenters. The van der Waals surface area contributed by atoms with E-state index in [1.54, 1.807) is 4.68 Å². The van der Waals surface area contributed by atoms with Crippen LogP contribution in [0.25, 0.3) is 5.69 Å². The lowest BCUT2D eigenvalue weighted by molar-refractivity contribution is -0.136. The van der Waals surface area contributed by atoms with Crippen molar-refractivity contribution in [3.8, 4) is 5.69 Å². The Morgan fingerprint density at radius 1 is 1.44 bits per heavy atom. The molecule has 18 heavy (non-hydrogen) atoms. The second kappa shape index (κ2) is 5.00. The Bertz CT molecular complexity index is 575. The minimum Gasteiger partial charge on any atom is -0.481 e. The van der Waals surface area contributed by atoms with Gasteiger partial charge in [0.05, 0.1) is 23.5 Å². The van der Waals surface area contributed by atoms with Crippen LogP contribution in [-0.4, -0.2) is 26.1 Å². The van der Waals surface area contributed by atoms with Crippen LogP contribution in [0.1, 0.15) is 23.9 Å². The van der Waals surface area contributed by atoms with Gasteiger partial charge < -0.3 is 5.11 Å². The smallest absolute Gasteiger partial charge is 0.309 e. The molecule has 0 aliphatic carbocycles. The quantitative estimate of drug-likeness (QED) is 0.891. The van der Waals surface area contributed by atoms with Crippen LogP contribution in [0.2, 0.25) is 0 Å². The Kier molecular flexibility index (Phi) is 3.41. The van der Waals surface area contributed by atoms with Gasteiger partial charge in [-0.25, -0.2) is 4.68 Å². The molecule has 0 saturated carbocycles. The number of nitrogens with zero attached hydrogens (tertiary/aromatic N) is 3. The number of benzene rings is 1. The lowest BCUT2D eigenvalue weighted by Gasteiger charge is -2.05. The zero-order valence-electron chi connectivity index (χ0n) is 10.4. The molecule has 1 N–H and O–H groups in total. The van der Waals surface area contributed by atoms with Crippen molar-refractivity contribution in [3.63, 3.8) is 0 Å². The molecule has 1 heterocycles. The average molecular weight is 245 g/mol. The summed E-state index contributed by atoms with van der Waals surface area (Å²) in [6.45, 7) is 3.92. The molecule has 0 aliphatic rings. The Morgan fingerprint density at radius 3 is 2.89 bits per heavy atom. The van der Waals surface area contributed by atoms with E-state index in [1.807, 2.05) is 31.2 Å². The highest BCUT2D eigenvalue weighted by Gasteiger charge is 2.12. The van der Waals surface area contributed by atoms with Gasteiger partial charge in [-0.05, 0) is 31.0 Å². The number of aliphatic carboxylic acids is 1. The Labute approximate surface area is 105 Å². The van der Waals surface area contributed by atoms with Gasteiger partial charge in [0.1, 0.15) is 0 Å². The topological polar surface area (TPSA) is 68.0 Å². The van der Waals surface area contributed by atoms with Crippen molar-refractivity contribution in [1.29, 1.82) is 0 Å². The van der Waals surface area contributed by atoms with Crippen molar-refractivity contribution >= 4 is 5.97 Å². The highest BCUT2D eigenvalue weighted by Crippen LogP contribution is 2.14. The van der Waals surface area contributed by atoms with Crippen molar-refractivity contribution in [2.75, 3.05) is 0 Å². The van der Waals surface area contributed by atoms with Gasteiger partial charge in [0.15, 0.2) is 0 Å². The maximum Gasteiger partial charge on any atom is 0.309 e. The molecule has 5 heteroatoms. The molecule has 2 aromatic rings. The molecular weight excluding hydrogens is 230 g/mol. The third-order valence-corrected chi connectivity index (χ3v) is 2.87. The molecule has 0 bridgehead atoms. The number of carbonyl (C=O) groups is 1. The summed E-state index contributed by atoms with van der Waals surface area (Å²) >= 11 is 0. The summed E-state index contributed by atoms with van der Waals surface area (Å²) in [4.78, 5) is 10.7. The summed E-state index contributed by atoms with van der Waals surface area (Å²) < 4.78 is 1.68. The normalized spacial score (nSPS) is 10.6. The van der Waals surface area contributed by atoms with Gasteiger partial charge in [0.2, 0.25) is 0 Å². The van der Waals surface area contributed by atoms with Crippen LogP contribution in [0, 0.1) is 6.92 Å². The number of hydrogen-bond acceptors (Lipinski definition) is 3. The van der Waals surface area contributed by atoms with Crippen LogP contribution >= 0.6 is 0 Å². The van der Waals surface area contributed by atoms with Gasteiger partial charge in [0.25, 0.3) is 0 Å². The minimum atomic E-state index is -0.896. The van der Waals surface area contributed by atoms with E-state index in [9.17, 15) is 4.79 Å². The molecule has 0 atom stereocenters. The lowest BCUT2D eigenvalue weighted by Crippen LogP contribution is -2.03. The molecule has 1 aromatic heterocycles. The molecule has 0 fully saturated rings. The molecule has 0 saturated heterocycles. The van der Waals surface area contributed by atoms with Crippen molar-refractivity contribution in [2.45, 2.75) is 26.7 Å². The first kappa shape index (κ1) is 12.3.